The fraction of sp³-hybridized carbons (Fsp3) is 0.600. The topological polar surface area (TPSA) is 12.0 Å². The van der Waals surface area contributed by atoms with Gasteiger partial charge in [-0.3, -0.25) is 0 Å². The lowest BCUT2D eigenvalue weighted by molar-refractivity contribution is 0.376. The highest BCUT2D eigenvalue weighted by molar-refractivity contribution is 6.30. The second-order valence-electron chi connectivity index (χ2n) is 5.04. The van der Waals surface area contributed by atoms with Gasteiger partial charge in [-0.1, -0.05) is 32.4 Å². The second kappa shape index (κ2) is 7.75. The van der Waals surface area contributed by atoms with Crippen molar-refractivity contribution in [2.75, 3.05) is 6.54 Å². The summed E-state index contributed by atoms with van der Waals surface area (Å²) in [4.78, 5) is 0. The number of nitrogens with one attached hydrogen (secondary N) is 1. The minimum Gasteiger partial charge on any atom is -0.314 e. The van der Waals surface area contributed by atoms with Crippen LogP contribution in [-0.4, -0.2) is 12.6 Å². The number of hydrogen-bond donors (Lipinski definition) is 1. The Labute approximate surface area is 115 Å². The van der Waals surface area contributed by atoms with Crippen LogP contribution in [0, 0.1) is 11.7 Å². The quantitative estimate of drug-likeness (QED) is 0.773. The zero-order chi connectivity index (χ0) is 13.5. The number of halogens is 2. The molecule has 0 radical (unpaired) electrons. The van der Waals surface area contributed by atoms with Crippen LogP contribution in [0.2, 0.25) is 5.02 Å². The van der Waals surface area contributed by atoms with Crippen molar-refractivity contribution in [3.63, 3.8) is 0 Å². The van der Waals surface area contributed by atoms with Crippen molar-refractivity contribution in [3.05, 3.63) is 34.6 Å². The van der Waals surface area contributed by atoms with E-state index in [-0.39, 0.29) is 5.82 Å². The monoisotopic (exact) mass is 271 g/mol. The molecular weight excluding hydrogens is 249 g/mol. The summed E-state index contributed by atoms with van der Waals surface area (Å²) in [5.41, 5.74) is 0.724. The maximum Gasteiger partial charge on any atom is 0.126 e. The summed E-state index contributed by atoms with van der Waals surface area (Å²) in [6, 6.07) is 5.28. The number of hydrogen-bond acceptors (Lipinski definition) is 1. The Balaban J connectivity index is 2.47. The maximum atomic E-state index is 13.5. The van der Waals surface area contributed by atoms with Crippen molar-refractivity contribution >= 4 is 11.6 Å². The van der Waals surface area contributed by atoms with E-state index in [0.717, 1.165) is 31.4 Å². The van der Waals surface area contributed by atoms with Crippen LogP contribution in [0.3, 0.4) is 0 Å². The Hall–Kier alpha value is -0.600. The first kappa shape index (κ1) is 15.5. The predicted molar refractivity (Wildman–Crippen MR) is 76.7 cm³/mol. The summed E-state index contributed by atoms with van der Waals surface area (Å²) < 4.78 is 13.5. The molecule has 0 fully saturated rings. The highest BCUT2D eigenvalue weighted by atomic mass is 35.5. The van der Waals surface area contributed by atoms with Crippen LogP contribution in [0.25, 0.3) is 0 Å². The van der Waals surface area contributed by atoms with Crippen molar-refractivity contribution in [2.45, 2.75) is 46.1 Å². The molecule has 1 rings (SSSR count). The first-order valence-corrected chi connectivity index (χ1v) is 7.09. The van der Waals surface area contributed by atoms with E-state index >= 15 is 0 Å². The third-order valence-electron chi connectivity index (χ3n) is 3.24. The Bertz CT molecular complexity index is 366. The fourth-order valence-corrected chi connectivity index (χ4v) is 2.38. The minimum absolute atomic E-state index is 0.149. The first-order valence-electron chi connectivity index (χ1n) is 6.72. The van der Waals surface area contributed by atoms with E-state index in [0.29, 0.717) is 17.0 Å². The molecule has 1 aromatic carbocycles. The molecule has 102 valence electrons. The standard InChI is InChI=1S/C15H23ClFN/c1-4-18-15(11(2)3)7-5-6-12-10-13(16)8-9-14(12)17/h8-11,15,18H,4-7H2,1-3H3. The molecule has 0 amide bonds. The molecule has 1 nitrogen and oxygen atoms in total. The number of aryl methyl sites for hydroxylation is 1. The molecule has 3 heteroatoms. The summed E-state index contributed by atoms with van der Waals surface area (Å²) in [7, 11) is 0. The summed E-state index contributed by atoms with van der Waals surface area (Å²) >= 11 is 5.88. The molecule has 0 bridgehead atoms. The van der Waals surface area contributed by atoms with E-state index in [1.807, 2.05) is 0 Å². The predicted octanol–water partition coefficient (Wildman–Crippen LogP) is 4.44. The van der Waals surface area contributed by atoms with Crippen molar-refractivity contribution in [3.8, 4) is 0 Å². The summed E-state index contributed by atoms with van der Waals surface area (Å²) in [5.74, 6) is 0.457. The Kier molecular flexibility index (Phi) is 6.66. The van der Waals surface area contributed by atoms with Crippen LogP contribution in [0.1, 0.15) is 39.2 Å². The molecule has 1 aromatic rings. The average Bonchev–Trinajstić information content (AvgIpc) is 2.32. The van der Waals surface area contributed by atoms with Crippen molar-refractivity contribution in [1.29, 1.82) is 0 Å². The van der Waals surface area contributed by atoms with E-state index in [1.165, 1.54) is 6.07 Å². The van der Waals surface area contributed by atoms with Crippen LogP contribution < -0.4 is 5.32 Å². The van der Waals surface area contributed by atoms with Crippen LogP contribution >= 0.6 is 11.6 Å². The van der Waals surface area contributed by atoms with E-state index in [1.54, 1.807) is 12.1 Å². The molecule has 18 heavy (non-hydrogen) atoms. The largest absolute Gasteiger partial charge is 0.314 e. The number of rotatable bonds is 7. The fourth-order valence-electron chi connectivity index (χ4n) is 2.18. The lowest BCUT2D eigenvalue weighted by Gasteiger charge is -2.21. The Morgan fingerprint density at radius 2 is 2.06 bits per heavy atom. The van der Waals surface area contributed by atoms with Crippen LogP contribution in [0.4, 0.5) is 4.39 Å². The van der Waals surface area contributed by atoms with Gasteiger partial charge in [0.15, 0.2) is 0 Å². The van der Waals surface area contributed by atoms with Crippen LogP contribution in [0.5, 0.6) is 0 Å². The van der Waals surface area contributed by atoms with Gasteiger partial charge in [-0.15, -0.1) is 0 Å². The third-order valence-corrected chi connectivity index (χ3v) is 3.48. The van der Waals surface area contributed by atoms with Gasteiger partial charge in [-0.25, -0.2) is 4.39 Å². The normalized spacial score (nSPS) is 13.0. The Morgan fingerprint density at radius 3 is 2.67 bits per heavy atom. The minimum atomic E-state index is -0.149. The van der Waals surface area contributed by atoms with E-state index < -0.39 is 0 Å². The van der Waals surface area contributed by atoms with E-state index in [2.05, 4.69) is 26.1 Å². The molecular formula is C15H23ClFN. The summed E-state index contributed by atoms with van der Waals surface area (Å²) in [6.07, 6.45) is 2.80. The molecule has 0 spiro atoms. The first-order chi connectivity index (χ1) is 8.54. The molecule has 0 aromatic heterocycles. The summed E-state index contributed by atoms with van der Waals surface area (Å²) in [5, 5.41) is 4.08. The third kappa shape index (κ3) is 4.95. The highest BCUT2D eigenvalue weighted by Gasteiger charge is 2.12. The van der Waals surface area contributed by atoms with Gasteiger partial charge in [0.05, 0.1) is 0 Å². The lowest BCUT2D eigenvalue weighted by Crippen LogP contribution is -2.33. The molecule has 0 aliphatic heterocycles. The molecule has 1 atom stereocenters. The van der Waals surface area contributed by atoms with Crippen LogP contribution in [-0.2, 0) is 6.42 Å². The smallest absolute Gasteiger partial charge is 0.126 e. The molecule has 0 saturated heterocycles. The SMILES string of the molecule is CCNC(CCCc1cc(Cl)ccc1F)C(C)C. The van der Waals surface area contributed by atoms with Crippen LogP contribution in [0.15, 0.2) is 18.2 Å². The van der Waals surface area contributed by atoms with Gasteiger partial charge in [0, 0.05) is 11.1 Å². The van der Waals surface area contributed by atoms with Crippen molar-refractivity contribution in [2.24, 2.45) is 5.92 Å². The van der Waals surface area contributed by atoms with Gasteiger partial charge in [0.25, 0.3) is 0 Å². The highest BCUT2D eigenvalue weighted by Crippen LogP contribution is 2.18. The van der Waals surface area contributed by atoms with Gasteiger partial charge in [0.1, 0.15) is 5.82 Å². The molecule has 0 aliphatic rings. The van der Waals surface area contributed by atoms with Crippen molar-refractivity contribution in [1.82, 2.24) is 5.32 Å². The number of benzene rings is 1. The van der Waals surface area contributed by atoms with Gasteiger partial charge < -0.3 is 5.32 Å². The van der Waals surface area contributed by atoms with Gasteiger partial charge in [0.2, 0.25) is 0 Å². The molecule has 1 N–H and O–H groups in total. The molecule has 0 aliphatic carbocycles. The van der Waals surface area contributed by atoms with E-state index in [9.17, 15) is 4.39 Å². The van der Waals surface area contributed by atoms with Crippen molar-refractivity contribution < 1.29 is 4.39 Å². The van der Waals surface area contributed by atoms with E-state index in [4.69, 9.17) is 11.6 Å². The molecule has 1 unspecified atom stereocenters. The van der Waals surface area contributed by atoms with Gasteiger partial charge in [-0.05, 0) is 55.5 Å². The Morgan fingerprint density at radius 1 is 1.33 bits per heavy atom. The second-order valence-corrected chi connectivity index (χ2v) is 5.47. The summed E-state index contributed by atoms with van der Waals surface area (Å²) in [6.45, 7) is 7.53. The molecule has 0 heterocycles. The zero-order valence-corrected chi connectivity index (χ0v) is 12.2. The average molecular weight is 272 g/mol. The maximum absolute atomic E-state index is 13.5. The van der Waals surface area contributed by atoms with Gasteiger partial charge in [-0.2, -0.15) is 0 Å². The lowest BCUT2D eigenvalue weighted by atomic mass is 9.96. The zero-order valence-electron chi connectivity index (χ0n) is 11.5. The molecule has 0 saturated carbocycles. The van der Waals surface area contributed by atoms with Gasteiger partial charge >= 0.3 is 0 Å².